The minimum atomic E-state index is -0.291. The van der Waals surface area contributed by atoms with Gasteiger partial charge in [0.2, 0.25) is 0 Å². The van der Waals surface area contributed by atoms with Gasteiger partial charge in [0.25, 0.3) is 0 Å². The van der Waals surface area contributed by atoms with Crippen molar-refractivity contribution in [2.24, 2.45) is 0 Å². The second-order valence-corrected chi connectivity index (χ2v) is 3.67. The lowest BCUT2D eigenvalue weighted by Gasteiger charge is -2.05. The summed E-state index contributed by atoms with van der Waals surface area (Å²) in [6.45, 7) is 0. The molecule has 0 spiro atoms. The Balaban J connectivity index is 2.78. The zero-order valence-corrected chi connectivity index (χ0v) is 9.00. The molecule has 16 heavy (non-hydrogen) atoms. The van der Waals surface area contributed by atoms with E-state index in [1.807, 2.05) is 12.1 Å². The Morgan fingerprint density at radius 2 is 1.88 bits per heavy atom. The molecule has 2 aromatic rings. The average Bonchev–Trinajstić information content (AvgIpc) is 2.30. The second kappa shape index (κ2) is 4.34. The molecule has 1 nitrogen and oxygen atoms in total. The standard InChI is InChI=1S/C13H7ClFN/c14-12(7-8-16)10-5-6-13(15)11-4-2-1-3-9(10)11/h1-7H/b12-7-. The number of hydrogen-bond donors (Lipinski definition) is 0. The molecule has 0 aliphatic rings. The fourth-order valence-electron chi connectivity index (χ4n) is 1.60. The molecule has 0 aliphatic heterocycles. The van der Waals surface area contributed by atoms with Gasteiger partial charge < -0.3 is 0 Å². The molecule has 0 unspecified atom stereocenters. The predicted molar refractivity (Wildman–Crippen MR) is 63.3 cm³/mol. The highest BCUT2D eigenvalue weighted by Crippen LogP contribution is 2.28. The zero-order chi connectivity index (χ0) is 11.5. The van der Waals surface area contributed by atoms with E-state index in [4.69, 9.17) is 16.9 Å². The highest BCUT2D eigenvalue weighted by Gasteiger charge is 2.07. The first-order chi connectivity index (χ1) is 7.74. The number of halogens is 2. The summed E-state index contributed by atoms with van der Waals surface area (Å²) in [4.78, 5) is 0. The summed E-state index contributed by atoms with van der Waals surface area (Å²) in [6, 6.07) is 11.8. The number of benzene rings is 2. The summed E-state index contributed by atoms with van der Waals surface area (Å²) >= 11 is 5.95. The third-order valence-electron chi connectivity index (χ3n) is 2.32. The van der Waals surface area contributed by atoms with Gasteiger partial charge in [0, 0.05) is 17.0 Å². The van der Waals surface area contributed by atoms with Crippen LogP contribution in [-0.4, -0.2) is 0 Å². The number of fused-ring (bicyclic) bond motifs is 1. The van der Waals surface area contributed by atoms with Crippen molar-refractivity contribution >= 4 is 27.4 Å². The van der Waals surface area contributed by atoms with E-state index in [9.17, 15) is 4.39 Å². The van der Waals surface area contributed by atoms with E-state index in [1.54, 1.807) is 24.3 Å². The fraction of sp³-hybridized carbons (Fsp3) is 0. The topological polar surface area (TPSA) is 23.8 Å². The summed E-state index contributed by atoms with van der Waals surface area (Å²) in [6.07, 6.45) is 1.24. The summed E-state index contributed by atoms with van der Waals surface area (Å²) in [5, 5.41) is 10.1. The smallest absolute Gasteiger partial charge is 0.131 e. The molecule has 2 aromatic carbocycles. The quantitative estimate of drug-likeness (QED) is 0.679. The Morgan fingerprint density at radius 3 is 2.56 bits per heavy atom. The zero-order valence-electron chi connectivity index (χ0n) is 8.24. The number of nitrogens with zero attached hydrogens (tertiary/aromatic N) is 1. The first kappa shape index (κ1) is 10.7. The Bertz CT molecular complexity index is 611. The van der Waals surface area contributed by atoms with Gasteiger partial charge in [0.05, 0.1) is 11.1 Å². The van der Waals surface area contributed by atoms with Crippen LogP contribution in [-0.2, 0) is 0 Å². The maximum absolute atomic E-state index is 13.5. The van der Waals surface area contributed by atoms with Gasteiger partial charge in [-0.3, -0.25) is 0 Å². The van der Waals surface area contributed by atoms with Crippen molar-refractivity contribution in [2.75, 3.05) is 0 Å². The maximum atomic E-state index is 13.5. The Kier molecular flexibility index (Phi) is 2.89. The van der Waals surface area contributed by atoms with Crippen LogP contribution in [0.15, 0.2) is 42.5 Å². The van der Waals surface area contributed by atoms with Crippen LogP contribution >= 0.6 is 11.6 Å². The van der Waals surface area contributed by atoms with E-state index in [0.29, 0.717) is 21.4 Å². The van der Waals surface area contributed by atoms with Crippen LogP contribution in [0.2, 0.25) is 0 Å². The largest absolute Gasteiger partial charge is 0.206 e. The van der Waals surface area contributed by atoms with E-state index in [0.717, 1.165) is 0 Å². The molecule has 0 fully saturated rings. The van der Waals surface area contributed by atoms with E-state index in [1.165, 1.54) is 12.1 Å². The van der Waals surface area contributed by atoms with Crippen molar-refractivity contribution in [2.45, 2.75) is 0 Å². The van der Waals surface area contributed by atoms with Gasteiger partial charge in [-0.2, -0.15) is 5.26 Å². The van der Waals surface area contributed by atoms with Gasteiger partial charge in [0.1, 0.15) is 5.82 Å². The molecule has 0 aromatic heterocycles. The SMILES string of the molecule is N#C/C=C(\Cl)c1ccc(F)c2ccccc12. The van der Waals surface area contributed by atoms with Crippen molar-refractivity contribution in [3.8, 4) is 6.07 Å². The van der Waals surface area contributed by atoms with Crippen molar-refractivity contribution in [1.82, 2.24) is 0 Å². The second-order valence-electron chi connectivity index (χ2n) is 3.26. The molecule has 0 amide bonds. The molecule has 2 rings (SSSR count). The molecular formula is C13H7ClFN. The number of rotatable bonds is 1. The Labute approximate surface area is 97.4 Å². The third-order valence-corrected chi connectivity index (χ3v) is 2.63. The van der Waals surface area contributed by atoms with Crippen LogP contribution in [0.1, 0.15) is 5.56 Å². The number of nitriles is 1. The minimum absolute atomic E-state index is 0.291. The summed E-state index contributed by atoms with van der Waals surface area (Å²) in [5.41, 5.74) is 0.667. The van der Waals surface area contributed by atoms with Crippen LogP contribution < -0.4 is 0 Å². The van der Waals surface area contributed by atoms with Crippen LogP contribution in [0, 0.1) is 17.1 Å². The predicted octanol–water partition coefficient (Wildman–Crippen LogP) is 4.08. The van der Waals surface area contributed by atoms with Gasteiger partial charge in [-0.15, -0.1) is 0 Å². The molecule has 0 bridgehead atoms. The molecule has 0 saturated heterocycles. The average molecular weight is 232 g/mol. The molecule has 3 heteroatoms. The lowest BCUT2D eigenvalue weighted by atomic mass is 10.0. The van der Waals surface area contributed by atoms with Gasteiger partial charge in [-0.05, 0) is 17.5 Å². The van der Waals surface area contributed by atoms with Gasteiger partial charge in [-0.25, -0.2) is 4.39 Å². The molecule has 0 aliphatic carbocycles. The van der Waals surface area contributed by atoms with Gasteiger partial charge >= 0.3 is 0 Å². The van der Waals surface area contributed by atoms with Crippen molar-refractivity contribution in [1.29, 1.82) is 5.26 Å². The summed E-state index contributed by atoms with van der Waals surface area (Å²) in [5.74, 6) is -0.291. The molecular weight excluding hydrogens is 225 g/mol. The van der Waals surface area contributed by atoms with Crippen molar-refractivity contribution in [3.05, 3.63) is 53.9 Å². The van der Waals surface area contributed by atoms with Gasteiger partial charge in [0.15, 0.2) is 0 Å². The Morgan fingerprint density at radius 1 is 1.19 bits per heavy atom. The van der Waals surface area contributed by atoms with Crippen LogP contribution in [0.5, 0.6) is 0 Å². The van der Waals surface area contributed by atoms with E-state index >= 15 is 0 Å². The van der Waals surface area contributed by atoms with E-state index in [2.05, 4.69) is 0 Å². The monoisotopic (exact) mass is 231 g/mol. The summed E-state index contributed by atoms with van der Waals surface area (Å²) in [7, 11) is 0. The highest BCUT2D eigenvalue weighted by atomic mass is 35.5. The molecule has 0 N–H and O–H groups in total. The minimum Gasteiger partial charge on any atom is -0.206 e. The molecule has 0 heterocycles. The Hall–Kier alpha value is -1.85. The molecule has 0 radical (unpaired) electrons. The van der Waals surface area contributed by atoms with Crippen molar-refractivity contribution in [3.63, 3.8) is 0 Å². The van der Waals surface area contributed by atoms with Crippen LogP contribution in [0.25, 0.3) is 15.8 Å². The number of allylic oxidation sites excluding steroid dienone is 1. The van der Waals surface area contributed by atoms with E-state index in [-0.39, 0.29) is 5.82 Å². The lowest BCUT2D eigenvalue weighted by molar-refractivity contribution is 0.640. The van der Waals surface area contributed by atoms with Crippen LogP contribution in [0.3, 0.4) is 0 Å². The van der Waals surface area contributed by atoms with Crippen LogP contribution in [0.4, 0.5) is 4.39 Å². The third kappa shape index (κ3) is 1.78. The normalized spacial score (nSPS) is 11.4. The first-order valence-electron chi connectivity index (χ1n) is 4.67. The van der Waals surface area contributed by atoms with Gasteiger partial charge in [-0.1, -0.05) is 35.9 Å². The lowest BCUT2D eigenvalue weighted by Crippen LogP contribution is -1.85. The highest BCUT2D eigenvalue weighted by molar-refractivity contribution is 6.50. The molecule has 78 valence electrons. The number of hydrogen-bond acceptors (Lipinski definition) is 1. The first-order valence-corrected chi connectivity index (χ1v) is 5.04. The maximum Gasteiger partial charge on any atom is 0.131 e. The summed E-state index contributed by atoms with van der Waals surface area (Å²) < 4.78 is 13.5. The fourth-order valence-corrected chi connectivity index (χ4v) is 1.82. The molecule has 0 saturated carbocycles. The van der Waals surface area contributed by atoms with E-state index < -0.39 is 0 Å². The van der Waals surface area contributed by atoms with Crippen molar-refractivity contribution < 1.29 is 4.39 Å². The molecule has 0 atom stereocenters.